The first-order valence-corrected chi connectivity index (χ1v) is 12.8. The van der Waals surface area contributed by atoms with E-state index in [0.717, 1.165) is 16.9 Å². The molecule has 31 heavy (non-hydrogen) atoms. The number of nitrogens with two attached hydrogens (primary N) is 1. The molecule has 1 aliphatic heterocycles. The third kappa shape index (κ3) is 4.90. The summed E-state index contributed by atoms with van der Waals surface area (Å²) in [7, 11) is -3.78. The van der Waals surface area contributed by atoms with Crippen molar-refractivity contribution < 1.29 is 13.2 Å². The molecule has 0 saturated heterocycles. The Hall–Kier alpha value is -2.47. The zero-order chi connectivity index (χ0) is 22.2. The van der Waals surface area contributed by atoms with E-state index in [9.17, 15) is 13.2 Å². The van der Waals surface area contributed by atoms with Gasteiger partial charge in [-0.15, -0.1) is 10.2 Å². The lowest BCUT2D eigenvalue weighted by molar-refractivity contribution is -0.116. The number of sulfonamides is 1. The lowest BCUT2D eigenvalue weighted by Crippen LogP contribution is -2.36. The van der Waals surface area contributed by atoms with Crippen molar-refractivity contribution in [3.63, 3.8) is 0 Å². The highest BCUT2D eigenvalue weighted by Crippen LogP contribution is 2.35. The number of hydrogen-bond acceptors (Lipinski definition) is 8. The molecule has 1 aliphatic rings. The highest BCUT2D eigenvalue weighted by Gasteiger charge is 2.31. The van der Waals surface area contributed by atoms with Crippen molar-refractivity contribution in [1.82, 2.24) is 10.2 Å². The molecule has 8 nitrogen and oxygen atoms in total. The summed E-state index contributed by atoms with van der Waals surface area (Å²) in [5.74, 6) is 0.141. The molecule has 1 amide bonds. The molecule has 0 spiro atoms. The minimum absolute atomic E-state index is 0.0598. The fourth-order valence-electron chi connectivity index (χ4n) is 3.44. The van der Waals surface area contributed by atoms with Crippen LogP contribution in [-0.2, 0) is 21.2 Å². The van der Waals surface area contributed by atoms with Gasteiger partial charge in [0.1, 0.15) is 0 Å². The summed E-state index contributed by atoms with van der Waals surface area (Å²) >= 11 is 2.72. The van der Waals surface area contributed by atoms with Crippen molar-refractivity contribution >= 4 is 55.5 Å². The van der Waals surface area contributed by atoms with E-state index in [2.05, 4.69) is 15.5 Å². The van der Waals surface area contributed by atoms with Crippen LogP contribution in [0.2, 0.25) is 0 Å². The molecule has 1 aromatic heterocycles. The Labute approximate surface area is 188 Å². The average Bonchev–Trinajstić information content (AvgIpc) is 3.29. The van der Waals surface area contributed by atoms with Gasteiger partial charge in [0.05, 0.1) is 10.6 Å². The first kappa shape index (κ1) is 21.8. The van der Waals surface area contributed by atoms with E-state index in [-0.39, 0.29) is 22.6 Å². The number of primary sulfonamides is 1. The number of aryl methyl sites for hydroxylation is 1. The Balaban J connectivity index is 1.41. The van der Waals surface area contributed by atoms with E-state index >= 15 is 0 Å². The van der Waals surface area contributed by atoms with Gasteiger partial charge in [0.15, 0.2) is 4.34 Å². The second-order valence-electron chi connectivity index (χ2n) is 7.31. The third-order valence-corrected chi connectivity index (χ3v) is 7.76. The molecule has 4 rings (SSSR count). The molecule has 3 N–H and O–H groups in total. The Morgan fingerprint density at radius 1 is 1.26 bits per heavy atom. The van der Waals surface area contributed by atoms with Gasteiger partial charge in [0.25, 0.3) is 0 Å². The van der Waals surface area contributed by atoms with Gasteiger partial charge >= 0.3 is 0 Å². The van der Waals surface area contributed by atoms with E-state index in [1.165, 1.54) is 34.7 Å². The summed E-state index contributed by atoms with van der Waals surface area (Å²) in [6, 6.07) is 12.5. The van der Waals surface area contributed by atoms with Crippen LogP contribution in [0, 0.1) is 6.92 Å². The van der Waals surface area contributed by atoms with Crippen LogP contribution in [0.3, 0.4) is 0 Å². The predicted octanol–water partition coefficient (Wildman–Crippen LogP) is 3.31. The fraction of sp³-hybridized carbons (Fsp3) is 0.250. The minimum atomic E-state index is -3.78. The van der Waals surface area contributed by atoms with Gasteiger partial charge in [0.2, 0.25) is 21.1 Å². The number of fused-ring (bicyclic) bond motifs is 1. The molecule has 2 heterocycles. The van der Waals surface area contributed by atoms with Crippen LogP contribution in [0.4, 0.5) is 16.5 Å². The van der Waals surface area contributed by atoms with E-state index in [1.54, 1.807) is 17.0 Å². The van der Waals surface area contributed by atoms with Gasteiger partial charge < -0.3 is 10.2 Å². The Kier molecular flexibility index (Phi) is 6.02. The lowest BCUT2D eigenvalue weighted by Gasteiger charge is -2.22. The maximum Gasteiger partial charge on any atom is 0.238 e. The summed E-state index contributed by atoms with van der Waals surface area (Å²) in [6.45, 7) is 3.97. The first-order chi connectivity index (χ1) is 14.7. The monoisotopic (exact) mass is 475 g/mol. The molecule has 0 saturated carbocycles. The summed E-state index contributed by atoms with van der Waals surface area (Å²) in [6.07, 6.45) is 0.582. The van der Waals surface area contributed by atoms with Crippen molar-refractivity contribution in [2.24, 2.45) is 5.14 Å². The van der Waals surface area contributed by atoms with Crippen molar-refractivity contribution in [3.05, 3.63) is 53.6 Å². The van der Waals surface area contributed by atoms with Crippen molar-refractivity contribution in [2.45, 2.75) is 35.5 Å². The Bertz CT molecular complexity index is 1230. The number of nitrogens with one attached hydrogen (secondary N) is 1. The molecular formula is C20H21N5O3S3. The number of thioether (sulfide) groups is 1. The summed E-state index contributed by atoms with van der Waals surface area (Å²) in [5, 5.41) is 17.4. The number of nitrogens with zero attached hydrogens (tertiary/aromatic N) is 3. The number of rotatable bonds is 6. The molecular weight excluding hydrogens is 454 g/mol. The van der Waals surface area contributed by atoms with E-state index in [0.29, 0.717) is 15.9 Å². The highest BCUT2D eigenvalue weighted by atomic mass is 32.2. The molecule has 162 valence electrons. The number of aromatic nitrogens is 2. The molecule has 11 heteroatoms. The van der Waals surface area contributed by atoms with Crippen LogP contribution in [0.15, 0.2) is 51.7 Å². The van der Waals surface area contributed by atoms with Crippen molar-refractivity contribution in [1.29, 1.82) is 0 Å². The topological polar surface area (TPSA) is 118 Å². The maximum absolute atomic E-state index is 12.9. The highest BCUT2D eigenvalue weighted by molar-refractivity contribution is 8.01. The Morgan fingerprint density at radius 3 is 2.71 bits per heavy atom. The fourth-order valence-corrected chi connectivity index (χ4v) is 5.63. The van der Waals surface area contributed by atoms with Gasteiger partial charge in [-0.1, -0.05) is 40.8 Å². The summed E-state index contributed by atoms with van der Waals surface area (Å²) in [5.41, 5.74) is 3.63. The van der Waals surface area contributed by atoms with Gasteiger partial charge in [-0.3, -0.25) is 4.79 Å². The van der Waals surface area contributed by atoms with Gasteiger partial charge in [-0.05, 0) is 56.2 Å². The van der Waals surface area contributed by atoms with E-state index in [1.807, 2.05) is 38.1 Å². The second kappa shape index (κ2) is 8.58. The molecule has 0 bridgehead atoms. The number of carbonyl (C=O) groups is 1. The van der Waals surface area contributed by atoms with Crippen LogP contribution in [0.25, 0.3) is 0 Å². The largest absolute Gasteiger partial charge is 0.330 e. The SMILES string of the molecule is Cc1ccc(Nc2nnc(SCC(=O)N3c4ccc(S(N)(=O)=O)cc4CC3C)s2)cc1. The quantitative estimate of drug-likeness (QED) is 0.525. The first-order valence-electron chi connectivity index (χ1n) is 9.48. The molecule has 1 unspecified atom stereocenters. The second-order valence-corrected chi connectivity index (χ2v) is 11.1. The molecule has 1 atom stereocenters. The van der Waals surface area contributed by atoms with Gasteiger partial charge in [0, 0.05) is 17.4 Å². The maximum atomic E-state index is 12.9. The average molecular weight is 476 g/mol. The van der Waals surface area contributed by atoms with Crippen molar-refractivity contribution in [2.75, 3.05) is 16.0 Å². The standard InChI is InChI=1S/C20H21N5O3S3/c1-12-3-5-15(6-4-12)22-19-23-24-20(30-19)29-11-18(26)25-13(2)9-14-10-16(31(21,27)28)7-8-17(14)25/h3-8,10,13H,9,11H2,1-2H3,(H,22,23)(H2,21,27,28). The van der Waals surface area contributed by atoms with Gasteiger partial charge in [-0.2, -0.15) is 0 Å². The number of anilines is 3. The molecule has 0 aliphatic carbocycles. The van der Waals surface area contributed by atoms with Crippen LogP contribution in [0.1, 0.15) is 18.1 Å². The summed E-state index contributed by atoms with van der Waals surface area (Å²) in [4.78, 5) is 14.7. The number of hydrogen-bond donors (Lipinski definition) is 2. The minimum Gasteiger partial charge on any atom is -0.330 e. The smallest absolute Gasteiger partial charge is 0.238 e. The zero-order valence-electron chi connectivity index (χ0n) is 16.9. The number of benzene rings is 2. The number of carbonyl (C=O) groups excluding carboxylic acids is 1. The van der Waals surface area contributed by atoms with Crippen LogP contribution in [0.5, 0.6) is 0 Å². The summed E-state index contributed by atoms with van der Waals surface area (Å²) < 4.78 is 23.9. The normalized spacial score (nSPS) is 15.7. The zero-order valence-corrected chi connectivity index (χ0v) is 19.4. The lowest BCUT2D eigenvalue weighted by atomic mass is 10.1. The third-order valence-electron chi connectivity index (χ3n) is 4.89. The molecule has 3 aromatic rings. The molecule has 0 fully saturated rings. The molecule has 2 aromatic carbocycles. The van der Waals surface area contributed by atoms with Crippen LogP contribution >= 0.6 is 23.1 Å². The van der Waals surface area contributed by atoms with Gasteiger partial charge in [-0.25, -0.2) is 13.6 Å². The van der Waals surface area contributed by atoms with Crippen LogP contribution in [-0.4, -0.2) is 36.3 Å². The van der Waals surface area contributed by atoms with Crippen molar-refractivity contribution in [3.8, 4) is 0 Å². The van der Waals surface area contributed by atoms with E-state index in [4.69, 9.17) is 5.14 Å². The molecule has 0 radical (unpaired) electrons. The predicted molar refractivity (Wildman–Crippen MR) is 124 cm³/mol. The number of amides is 1. The van der Waals surface area contributed by atoms with E-state index < -0.39 is 10.0 Å². The Morgan fingerprint density at radius 2 is 2.00 bits per heavy atom. The van der Waals surface area contributed by atoms with Crippen LogP contribution < -0.4 is 15.4 Å².